The van der Waals surface area contributed by atoms with E-state index in [2.05, 4.69) is 36.6 Å². The van der Waals surface area contributed by atoms with Gasteiger partial charge in [-0.2, -0.15) is 5.10 Å². The Kier molecular flexibility index (Phi) is 9.12. The highest BCUT2D eigenvalue weighted by molar-refractivity contribution is 9.10. The van der Waals surface area contributed by atoms with Gasteiger partial charge in [0.1, 0.15) is 5.82 Å². The highest BCUT2D eigenvalue weighted by Gasteiger charge is 2.35. The second-order valence-electron chi connectivity index (χ2n) is 9.46. The standard InChI is InChI=1S/C26H32BrF2N5O3/c1-16(35)12-22-24(27)25(34(32-22)18-6-4-3-5-7-18)31-26(36)30-23-15-33(10-11-37-2)14-19(23)17-8-9-20(28)21(29)13-17/h3-6,8-9,13,16,18-19,23,35H,7,10-12,14-15H2,1-2H3,(H2,30,31,36)/t16-,18?,19+,23-/m1/s1. The minimum atomic E-state index is -0.913. The molecule has 1 aromatic heterocycles. The Bertz CT molecular complexity index is 1170. The third kappa shape index (κ3) is 6.64. The summed E-state index contributed by atoms with van der Waals surface area (Å²) in [5.74, 6) is -1.57. The van der Waals surface area contributed by atoms with Gasteiger partial charge in [0.25, 0.3) is 0 Å². The molecule has 1 aliphatic heterocycles. The zero-order valence-electron chi connectivity index (χ0n) is 20.8. The maximum Gasteiger partial charge on any atom is 0.320 e. The van der Waals surface area contributed by atoms with E-state index in [4.69, 9.17) is 4.74 Å². The number of likely N-dealkylation sites (tertiary alicyclic amines) is 1. The Morgan fingerprint density at radius 2 is 2.11 bits per heavy atom. The van der Waals surface area contributed by atoms with Crippen molar-refractivity contribution in [1.29, 1.82) is 0 Å². The van der Waals surface area contributed by atoms with E-state index >= 15 is 0 Å². The van der Waals surface area contributed by atoms with Crippen LogP contribution in [0.25, 0.3) is 0 Å². The van der Waals surface area contributed by atoms with Gasteiger partial charge in [0, 0.05) is 39.1 Å². The maximum absolute atomic E-state index is 14.0. The number of nitrogens with one attached hydrogen (secondary N) is 2. The molecule has 2 aromatic rings. The van der Waals surface area contributed by atoms with Crippen LogP contribution < -0.4 is 10.6 Å². The Morgan fingerprint density at radius 1 is 1.30 bits per heavy atom. The summed E-state index contributed by atoms with van der Waals surface area (Å²) in [5.41, 5.74) is 1.26. The highest BCUT2D eigenvalue weighted by atomic mass is 79.9. The molecule has 0 radical (unpaired) electrons. The van der Waals surface area contributed by atoms with Gasteiger partial charge in [-0.05, 0) is 47.0 Å². The number of amides is 2. The number of rotatable bonds is 9. The number of urea groups is 1. The molecule has 2 aliphatic rings. The third-order valence-electron chi connectivity index (χ3n) is 6.61. The second kappa shape index (κ2) is 12.3. The molecule has 200 valence electrons. The Morgan fingerprint density at radius 3 is 2.78 bits per heavy atom. The molecule has 4 atom stereocenters. The Hall–Kier alpha value is -2.60. The number of aromatic nitrogens is 2. The number of ether oxygens (including phenoxy) is 1. The Labute approximate surface area is 223 Å². The normalized spacial score (nSPS) is 22.4. The van der Waals surface area contributed by atoms with Crippen LogP contribution in [-0.4, -0.2) is 71.3 Å². The van der Waals surface area contributed by atoms with Gasteiger partial charge in [-0.3, -0.25) is 10.2 Å². The number of aliphatic hydroxyl groups is 1. The van der Waals surface area contributed by atoms with Crippen LogP contribution in [0, 0.1) is 11.6 Å². The van der Waals surface area contributed by atoms with Crippen molar-refractivity contribution in [1.82, 2.24) is 20.0 Å². The topological polar surface area (TPSA) is 91.7 Å². The summed E-state index contributed by atoms with van der Waals surface area (Å²) in [6.07, 6.45) is 8.35. The summed E-state index contributed by atoms with van der Waals surface area (Å²) in [5, 5.41) is 20.5. The average molecular weight is 580 g/mol. The first kappa shape index (κ1) is 27.4. The number of hydrogen-bond donors (Lipinski definition) is 3. The van der Waals surface area contributed by atoms with Gasteiger partial charge in [-0.25, -0.2) is 18.3 Å². The summed E-state index contributed by atoms with van der Waals surface area (Å²) >= 11 is 3.56. The molecule has 3 N–H and O–H groups in total. The van der Waals surface area contributed by atoms with Crippen LogP contribution in [0.15, 0.2) is 47.0 Å². The van der Waals surface area contributed by atoms with Crippen molar-refractivity contribution in [2.24, 2.45) is 0 Å². The molecule has 37 heavy (non-hydrogen) atoms. The highest BCUT2D eigenvalue weighted by Crippen LogP contribution is 2.33. The van der Waals surface area contributed by atoms with Crippen molar-refractivity contribution >= 4 is 27.8 Å². The van der Waals surface area contributed by atoms with Crippen molar-refractivity contribution in [3.8, 4) is 0 Å². The molecule has 0 bridgehead atoms. The van der Waals surface area contributed by atoms with E-state index in [0.29, 0.717) is 60.6 Å². The molecule has 1 aromatic carbocycles. The van der Waals surface area contributed by atoms with Gasteiger partial charge in [0.15, 0.2) is 11.6 Å². The number of aliphatic hydroxyl groups excluding tert-OH is 1. The van der Waals surface area contributed by atoms with E-state index in [1.165, 1.54) is 6.07 Å². The van der Waals surface area contributed by atoms with Crippen LogP contribution in [0.2, 0.25) is 0 Å². The van der Waals surface area contributed by atoms with Crippen molar-refractivity contribution in [2.45, 2.75) is 43.9 Å². The fourth-order valence-corrected chi connectivity index (χ4v) is 5.32. The molecule has 1 saturated heterocycles. The van der Waals surface area contributed by atoms with Crippen LogP contribution in [0.5, 0.6) is 0 Å². The molecule has 0 saturated carbocycles. The molecule has 2 heterocycles. The molecule has 11 heteroatoms. The molecule has 4 rings (SSSR count). The van der Waals surface area contributed by atoms with Crippen LogP contribution >= 0.6 is 15.9 Å². The number of anilines is 1. The zero-order valence-corrected chi connectivity index (χ0v) is 22.4. The molecular weight excluding hydrogens is 548 g/mol. The zero-order chi connectivity index (χ0) is 26.5. The van der Waals surface area contributed by atoms with Crippen LogP contribution in [0.3, 0.4) is 0 Å². The molecule has 8 nitrogen and oxygen atoms in total. The monoisotopic (exact) mass is 579 g/mol. The molecule has 1 fully saturated rings. The van der Waals surface area contributed by atoms with E-state index < -0.39 is 23.8 Å². The smallest absolute Gasteiger partial charge is 0.320 e. The lowest BCUT2D eigenvalue weighted by molar-refractivity contribution is 0.159. The molecule has 1 unspecified atom stereocenters. The number of benzene rings is 1. The van der Waals surface area contributed by atoms with E-state index in [1.54, 1.807) is 24.8 Å². The van der Waals surface area contributed by atoms with E-state index in [-0.39, 0.29) is 18.0 Å². The minimum absolute atomic E-state index is 0.0923. The summed E-state index contributed by atoms with van der Waals surface area (Å²) in [6.45, 7) is 3.95. The Balaban J connectivity index is 1.55. The predicted octanol–water partition coefficient (Wildman–Crippen LogP) is 4.14. The van der Waals surface area contributed by atoms with E-state index in [0.717, 1.165) is 6.07 Å². The molecular formula is C26H32BrF2N5O3. The van der Waals surface area contributed by atoms with Gasteiger partial charge in [0.2, 0.25) is 0 Å². The van der Waals surface area contributed by atoms with Crippen molar-refractivity contribution in [3.63, 3.8) is 0 Å². The number of carbonyl (C=O) groups is 1. The average Bonchev–Trinajstić information content (AvgIpc) is 3.40. The third-order valence-corrected chi connectivity index (χ3v) is 7.44. The predicted molar refractivity (Wildman–Crippen MR) is 141 cm³/mol. The van der Waals surface area contributed by atoms with Gasteiger partial charge in [-0.15, -0.1) is 0 Å². The van der Waals surface area contributed by atoms with Crippen molar-refractivity contribution < 1.29 is 23.4 Å². The summed E-state index contributed by atoms with van der Waals surface area (Å²) in [6, 6.07) is 3.00. The first-order valence-corrected chi connectivity index (χ1v) is 13.1. The van der Waals surface area contributed by atoms with Gasteiger partial charge in [0.05, 0.1) is 35.0 Å². The van der Waals surface area contributed by atoms with E-state index in [1.807, 2.05) is 24.3 Å². The first-order chi connectivity index (χ1) is 17.8. The number of hydrogen-bond acceptors (Lipinski definition) is 5. The van der Waals surface area contributed by atoms with Crippen LogP contribution in [0.4, 0.5) is 19.4 Å². The first-order valence-electron chi connectivity index (χ1n) is 12.3. The van der Waals surface area contributed by atoms with Crippen LogP contribution in [0.1, 0.15) is 36.6 Å². The molecule has 1 aliphatic carbocycles. The number of allylic oxidation sites excluding steroid dienone is 4. The lowest BCUT2D eigenvalue weighted by Crippen LogP contribution is -2.42. The fourth-order valence-electron chi connectivity index (χ4n) is 4.80. The van der Waals surface area contributed by atoms with Gasteiger partial charge in [-0.1, -0.05) is 30.4 Å². The van der Waals surface area contributed by atoms with E-state index in [9.17, 15) is 18.7 Å². The largest absolute Gasteiger partial charge is 0.393 e. The minimum Gasteiger partial charge on any atom is -0.393 e. The lowest BCUT2D eigenvalue weighted by atomic mass is 9.94. The molecule has 2 amide bonds. The van der Waals surface area contributed by atoms with Crippen molar-refractivity contribution in [3.05, 3.63) is 69.9 Å². The van der Waals surface area contributed by atoms with Crippen LogP contribution in [-0.2, 0) is 11.2 Å². The quantitative estimate of drug-likeness (QED) is 0.415. The maximum atomic E-state index is 14.0. The lowest BCUT2D eigenvalue weighted by Gasteiger charge is -2.22. The summed E-state index contributed by atoms with van der Waals surface area (Å²) < 4.78 is 35.1. The summed E-state index contributed by atoms with van der Waals surface area (Å²) in [4.78, 5) is 15.4. The number of carbonyl (C=O) groups excluding carboxylic acids is 1. The number of halogens is 3. The second-order valence-corrected chi connectivity index (χ2v) is 10.3. The van der Waals surface area contributed by atoms with Crippen molar-refractivity contribution in [2.75, 3.05) is 38.7 Å². The number of methoxy groups -OCH3 is 1. The van der Waals surface area contributed by atoms with Gasteiger partial charge >= 0.3 is 6.03 Å². The SMILES string of the molecule is COCCN1C[C@@H](NC(=O)Nc2c(Br)c(C[C@@H](C)O)nn2C2C=CC=CC2)[C@H](c2ccc(F)c(F)c2)C1. The van der Waals surface area contributed by atoms with Gasteiger partial charge < -0.3 is 15.2 Å². The molecule has 0 spiro atoms. The summed E-state index contributed by atoms with van der Waals surface area (Å²) in [7, 11) is 1.62. The number of nitrogens with zero attached hydrogens (tertiary/aromatic N) is 3. The fraction of sp³-hybridized carbons (Fsp3) is 0.462.